The van der Waals surface area contributed by atoms with E-state index in [1.807, 2.05) is 18.2 Å². The van der Waals surface area contributed by atoms with Gasteiger partial charge in [0, 0.05) is 5.56 Å². The van der Waals surface area contributed by atoms with E-state index in [1.54, 1.807) is 0 Å². The van der Waals surface area contributed by atoms with Gasteiger partial charge in [-0.05, 0) is 42.7 Å². The summed E-state index contributed by atoms with van der Waals surface area (Å²) in [5, 5.41) is 20.4. The molecule has 0 bridgehead atoms. The number of ether oxygens (including phenoxy) is 1. The Morgan fingerprint density at radius 1 is 0.703 bits per heavy atom. The highest BCUT2D eigenvalue weighted by Gasteiger charge is 2.31. The summed E-state index contributed by atoms with van der Waals surface area (Å²) in [7, 11) is 0. The maximum absolute atomic E-state index is 12.5. The van der Waals surface area contributed by atoms with E-state index in [0.717, 1.165) is 38.5 Å². The lowest BCUT2D eigenvalue weighted by atomic mass is 9.81. The lowest BCUT2D eigenvalue weighted by molar-refractivity contribution is -0.140. The van der Waals surface area contributed by atoms with Crippen LogP contribution in [0.5, 0.6) is 5.75 Å². The van der Waals surface area contributed by atoms with Crippen LogP contribution in [0.3, 0.4) is 0 Å². The number of benzene rings is 1. The zero-order valence-electron chi connectivity index (χ0n) is 24.3. The minimum Gasteiger partial charge on any atom is -0.493 e. The highest BCUT2D eigenvalue weighted by Crippen LogP contribution is 2.39. The first kappa shape index (κ1) is 33.0. The van der Waals surface area contributed by atoms with Crippen molar-refractivity contribution in [1.29, 1.82) is 0 Å². The van der Waals surface area contributed by atoms with Crippen molar-refractivity contribution in [3.63, 3.8) is 0 Å². The molecule has 0 amide bonds. The summed E-state index contributed by atoms with van der Waals surface area (Å²) < 4.78 is 6.20. The van der Waals surface area contributed by atoms with Crippen LogP contribution in [-0.2, 0) is 9.59 Å². The van der Waals surface area contributed by atoms with E-state index in [4.69, 9.17) is 4.74 Å². The summed E-state index contributed by atoms with van der Waals surface area (Å²) in [6, 6.07) is 5.47. The van der Waals surface area contributed by atoms with Gasteiger partial charge in [-0.25, -0.2) is 0 Å². The van der Waals surface area contributed by atoms with E-state index in [2.05, 4.69) is 34.6 Å². The zero-order chi connectivity index (χ0) is 27.6. The van der Waals surface area contributed by atoms with E-state index in [1.165, 1.54) is 38.5 Å². The molecule has 0 fully saturated rings. The molecular weight excluding hydrogens is 464 g/mol. The first-order valence-electron chi connectivity index (χ1n) is 14.9. The highest BCUT2D eigenvalue weighted by molar-refractivity contribution is 5.82. The van der Waals surface area contributed by atoms with E-state index in [0.29, 0.717) is 48.2 Å². The molecule has 1 aromatic rings. The monoisotopic (exact) mass is 518 g/mol. The third kappa shape index (κ3) is 13.4. The van der Waals surface area contributed by atoms with Gasteiger partial charge in [0.1, 0.15) is 5.75 Å². The summed E-state index contributed by atoms with van der Waals surface area (Å²) in [5.74, 6) is -1.76. The summed E-state index contributed by atoms with van der Waals surface area (Å²) in [6.07, 6.45) is 14.0. The minimum absolute atomic E-state index is 0.483. The van der Waals surface area contributed by atoms with Crippen molar-refractivity contribution in [2.75, 3.05) is 6.61 Å². The molecule has 1 rings (SSSR count). The average molecular weight is 519 g/mol. The number of aliphatic carboxylic acids is 2. The van der Waals surface area contributed by atoms with Crippen LogP contribution in [-0.4, -0.2) is 28.8 Å². The van der Waals surface area contributed by atoms with Gasteiger partial charge in [-0.15, -0.1) is 0 Å². The molecule has 0 aliphatic heterocycles. The predicted molar refractivity (Wildman–Crippen MR) is 153 cm³/mol. The summed E-state index contributed by atoms with van der Waals surface area (Å²) in [6.45, 7) is 11.3. The third-order valence-electron chi connectivity index (χ3n) is 7.22. The summed E-state index contributed by atoms with van der Waals surface area (Å²) >= 11 is 0. The molecule has 212 valence electrons. The Hall–Kier alpha value is -2.04. The molecular formula is C32H54O5. The second kappa shape index (κ2) is 19.1. The quantitative estimate of drug-likeness (QED) is 0.149. The second-order valence-corrected chi connectivity index (χ2v) is 11.5. The standard InChI is InChI=1S/C32H54O5/c1-6-7-8-9-10-11-12-13-23-37-29-22-16-19-26(27(31(33)34)20-14-17-24(2)3)30(29)28(32(35)36)21-15-18-25(4)5/h16,19,22,24-25,27-28H,6-15,17-18,20-21,23H2,1-5H3,(H,33,34)(H,35,36). The van der Waals surface area contributed by atoms with Gasteiger partial charge >= 0.3 is 11.9 Å². The normalized spacial score (nSPS) is 13.2. The number of hydrogen-bond acceptors (Lipinski definition) is 3. The number of carbonyl (C=O) groups is 2. The zero-order valence-corrected chi connectivity index (χ0v) is 24.3. The van der Waals surface area contributed by atoms with Crippen LogP contribution >= 0.6 is 0 Å². The maximum atomic E-state index is 12.5. The Bertz CT molecular complexity index is 770. The van der Waals surface area contributed by atoms with Gasteiger partial charge in [-0.2, -0.15) is 0 Å². The second-order valence-electron chi connectivity index (χ2n) is 11.5. The molecule has 37 heavy (non-hydrogen) atoms. The molecule has 1 aromatic carbocycles. The summed E-state index contributed by atoms with van der Waals surface area (Å²) in [4.78, 5) is 24.9. The molecule has 5 nitrogen and oxygen atoms in total. The van der Waals surface area contributed by atoms with Crippen molar-refractivity contribution >= 4 is 11.9 Å². The van der Waals surface area contributed by atoms with Gasteiger partial charge in [0.05, 0.1) is 18.4 Å². The molecule has 0 aliphatic carbocycles. The van der Waals surface area contributed by atoms with Gasteiger partial charge in [-0.1, -0.05) is 117 Å². The van der Waals surface area contributed by atoms with Crippen molar-refractivity contribution in [2.45, 2.75) is 136 Å². The molecule has 0 aromatic heterocycles. The highest BCUT2D eigenvalue weighted by atomic mass is 16.5. The van der Waals surface area contributed by atoms with Crippen LogP contribution in [0.1, 0.15) is 147 Å². The van der Waals surface area contributed by atoms with Crippen molar-refractivity contribution in [3.05, 3.63) is 29.3 Å². The van der Waals surface area contributed by atoms with Crippen molar-refractivity contribution in [3.8, 4) is 5.75 Å². The van der Waals surface area contributed by atoms with Gasteiger partial charge in [-0.3, -0.25) is 9.59 Å². The van der Waals surface area contributed by atoms with Gasteiger partial charge in [0.2, 0.25) is 0 Å². The molecule has 5 heteroatoms. The molecule has 2 atom stereocenters. The minimum atomic E-state index is -0.903. The Balaban J connectivity index is 3.10. The fourth-order valence-corrected chi connectivity index (χ4v) is 5.05. The van der Waals surface area contributed by atoms with Crippen molar-refractivity contribution < 1.29 is 24.5 Å². The van der Waals surface area contributed by atoms with Crippen LogP contribution in [0.25, 0.3) is 0 Å². The van der Waals surface area contributed by atoms with Gasteiger partial charge in [0.15, 0.2) is 0 Å². The Morgan fingerprint density at radius 3 is 1.73 bits per heavy atom. The van der Waals surface area contributed by atoms with Crippen molar-refractivity contribution in [2.24, 2.45) is 11.8 Å². The van der Waals surface area contributed by atoms with Crippen LogP contribution in [0.4, 0.5) is 0 Å². The number of hydrogen-bond donors (Lipinski definition) is 2. The van der Waals surface area contributed by atoms with Crippen molar-refractivity contribution in [1.82, 2.24) is 0 Å². The number of carboxylic acid groups (broad SMARTS) is 2. The number of unbranched alkanes of at least 4 members (excludes halogenated alkanes) is 7. The lowest BCUT2D eigenvalue weighted by Gasteiger charge is -2.24. The number of carboxylic acids is 2. The smallest absolute Gasteiger partial charge is 0.311 e. The molecule has 2 N–H and O–H groups in total. The fraction of sp³-hybridized carbons (Fsp3) is 0.750. The lowest BCUT2D eigenvalue weighted by Crippen LogP contribution is -2.20. The van der Waals surface area contributed by atoms with Crippen LogP contribution < -0.4 is 4.74 Å². The topological polar surface area (TPSA) is 83.8 Å². The number of rotatable bonds is 22. The average Bonchev–Trinajstić information content (AvgIpc) is 2.83. The first-order chi connectivity index (χ1) is 17.7. The fourth-order valence-electron chi connectivity index (χ4n) is 5.05. The van der Waals surface area contributed by atoms with Gasteiger partial charge < -0.3 is 14.9 Å². The Labute approximate surface area is 226 Å². The van der Waals surface area contributed by atoms with Crippen LogP contribution in [0.15, 0.2) is 18.2 Å². The van der Waals surface area contributed by atoms with Crippen LogP contribution in [0, 0.1) is 11.8 Å². The van der Waals surface area contributed by atoms with E-state index in [-0.39, 0.29) is 0 Å². The van der Waals surface area contributed by atoms with Crippen LogP contribution in [0.2, 0.25) is 0 Å². The predicted octanol–water partition coefficient (Wildman–Crippen LogP) is 9.20. The SMILES string of the molecule is CCCCCCCCCCOc1cccc(C(CCCC(C)C)C(=O)O)c1C(CCCC(C)C)C(=O)O. The molecule has 0 heterocycles. The van der Waals surface area contributed by atoms with E-state index >= 15 is 0 Å². The molecule has 0 aliphatic rings. The van der Waals surface area contributed by atoms with E-state index in [9.17, 15) is 19.8 Å². The first-order valence-corrected chi connectivity index (χ1v) is 14.9. The molecule has 0 spiro atoms. The largest absolute Gasteiger partial charge is 0.493 e. The maximum Gasteiger partial charge on any atom is 0.311 e. The molecule has 2 unspecified atom stereocenters. The molecule has 0 radical (unpaired) electrons. The summed E-state index contributed by atoms with van der Waals surface area (Å²) in [5.41, 5.74) is 1.19. The third-order valence-corrected chi connectivity index (χ3v) is 7.22. The molecule has 0 saturated heterocycles. The molecule has 0 saturated carbocycles. The Morgan fingerprint density at radius 2 is 1.22 bits per heavy atom. The van der Waals surface area contributed by atoms with E-state index < -0.39 is 23.8 Å². The Kier molecular flexibility index (Phi) is 17.0. The van der Waals surface area contributed by atoms with Gasteiger partial charge in [0.25, 0.3) is 0 Å².